The van der Waals surface area contributed by atoms with E-state index in [4.69, 9.17) is 9.47 Å². The van der Waals surface area contributed by atoms with Crippen molar-refractivity contribution in [1.82, 2.24) is 9.55 Å². The van der Waals surface area contributed by atoms with Gasteiger partial charge in [0.25, 0.3) is 5.56 Å². The van der Waals surface area contributed by atoms with Crippen molar-refractivity contribution in [3.05, 3.63) is 67.0 Å². The van der Waals surface area contributed by atoms with Gasteiger partial charge in [0.2, 0.25) is 0 Å². The van der Waals surface area contributed by atoms with Crippen LogP contribution in [0.5, 0.6) is 0 Å². The summed E-state index contributed by atoms with van der Waals surface area (Å²) >= 11 is 0. The molecule has 0 spiro atoms. The summed E-state index contributed by atoms with van der Waals surface area (Å²) in [5.41, 5.74) is 4.46. The molecule has 1 aromatic heterocycles. The molecule has 0 bridgehead atoms. The van der Waals surface area contributed by atoms with Gasteiger partial charge in [-0.05, 0) is 38.7 Å². The van der Waals surface area contributed by atoms with Crippen molar-refractivity contribution in [3.8, 4) is 0 Å². The van der Waals surface area contributed by atoms with Gasteiger partial charge in [-0.3, -0.25) is 14.3 Å². The van der Waals surface area contributed by atoms with Gasteiger partial charge in [0.1, 0.15) is 6.73 Å². The van der Waals surface area contributed by atoms with Crippen LogP contribution in [0, 0.1) is 13.8 Å². The molecule has 0 fully saturated rings. The van der Waals surface area contributed by atoms with Gasteiger partial charge in [0.15, 0.2) is 0 Å². The van der Waals surface area contributed by atoms with Crippen molar-refractivity contribution in [2.45, 2.75) is 46.4 Å². The van der Waals surface area contributed by atoms with E-state index in [2.05, 4.69) is 37.0 Å². The van der Waals surface area contributed by atoms with Crippen molar-refractivity contribution in [2.75, 3.05) is 13.2 Å². The van der Waals surface area contributed by atoms with Gasteiger partial charge in [-0.2, -0.15) is 0 Å². The molecule has 3 rings (SSSR count). The number of H-pyrrole nitrogens is 1. The van der Waals surface area contributed by atoms with Crippen LogP contribution in [0.15, 0.2) is 27.8 Å². The number of rotatable bonds is 7. The zero-order valence-corrected chi connectivity index (χ0v) is 14.8. The minimum absolute atomic E-state index is 0.144. The van der Waals surface area contributed by atoms with Crippen LogP contribution in [0.1, 0.15) is 34.4 Å². The number of hydrogen-bond acceptors (Lipinski definition) is 4. The molecule has 0 radical (unpaired) electrons. The smallest absolute Gasteiger partial charge is 0.330 e. The molecule has 0 aliphatic heterocycles. The highest BCUT2D eigenvalue weighted by Gasteiger charge is 2.19. The Bertz CT molecular complexity index is 846. The van der Waals surface area contributed by atoms with Crippen LogP contribution in [0.2, 0.25) is 0 Å². The molecule has 6 heteroatoms. The third kappa shape index (κ3) is 4.27. The summed E-state index contributed by atoms with van der Waals surface area (Å²) in [7, 11) is 0. The molecule has 1 aromatic carbocycles. The van der Waals surface area contributed by atoms with Crippen LogP contribution in [-0.4, -0.2) is 22.8 Å². The molecule has 2 aromatic rings. The Morgan fingerprint density at radius 2 is 1.76 bits per heavy atom. The van der Waals surface area contributed by atoms with E-state index in [-0.39, 0.29) is 12.3 Å². The Morgan fingerprint density at radius 1 is 1.04 bits per heavy atom. The lowest BCUT2D eigenvalue weighted by Gasteiger charge is -2.12. The lowest BCUT2D eigenvalue weighted by atomic mass is 10.1. The van der Waals surface area contributed by atoms with Crippen molar-refractivity contribution in [1.29, 1.82) is 0 Å². The summed E-state index contributed by atoms with van der Waals surface area (Å²) in [4.78, 5) is 26.1. The number of aromatic amines is 1. The standard InChI is InChI=1S/C19H24N2O4/c1-13-8-14(2)10-15(9-13)11-24-6-7-25-12-21-17-5-3-4-16(17)18(22)20-19(21)23/h8-10H,3-7,11-12H2,1-2H3,(H,20,22,23). The molecule has 0 saturated carbocycles. The van der Waals surface area contributed by atoms with Crippen LogP contribution in [0.25, 0.3) is 0 Å². The first-order valence-corrected chi connectivity index (χ1v) is 8.62. The van der Waals surface area contributed by atoms with Gasteiger partial charge in [-0.15, -0.1) is 0 Å². The second-order valence-electron chi connectivity index (χ2n) is 6.55. The molecule has 0 amide bonds. The summed E-state index contributed by atoms with van der Waals surface area (Å²) in [6, 6.07) is 6.35. The Kier molecular flexibility index (Phi) is 5.50. The third-order valence-corrected chi connectivity index (χ3v) is 4.40. The fraction of sp³-hybridized carbons (Fsp3) is 0.474. The first-order valence-electron chi connectivity index (χ1n) is 8.62. The van der Waals surface area contributed by atoms with E-state index >= 15 is 0 Å². The largest absolute Gasteiger partial charge is 0.374 e. The molecule has 1 N–H and O–H groups in total. The van der Waals surface area contributed by atoms with Gasteiger partial charge >= 0.3 is 5.69 Å². The number of nitrogens with zero attached hydrogens (tertiary/aromatic N) is 1. The molecule has 0 unspecified atom stereocenters. The van der Waals surface area contributed by atoms with E-state index in [1.165, 1.54) is 15.7 Å². The predicted molar refractivity (Wildman–Crippen MR) is 94.9 cm³/mol. The molecule has 1 heterocycles. The van der Waals surface area contributed by atoms with Crippen molar-refractivity contribution < 1.29 is 9.47 Å². The summed E-state index contributed by atoms with van der Waals surface area (Å²) < 4.78 is 12.7. The Labute approximate surface area is 146 Å². The summed E-state index contributed by atoms with van der Waals surface area (Å²) in [6.45, 7) is 5.67. The molecule has 25 heavy (non-hydrogen) atoms. The lowest BCUT2D eigenvalue weighted by molar-refractivity contribution is 0.0112. The second kappa shape index (κ2) is 7.80. The average molecular weight is 344 g/mol. The topological polar surface area (TPSA) is 73.3 Å². The van der Waals surface area contributed by atoms with Crippen molar-refractivity contribution in [2.24, 2.45) is 0 Å². The summed E-state index contributed by atoms with van der Waals surface area (Å²) in [5, 5.41) is 0. The molecule has 1 aliphatic carbocycles. The Morgan fingerprint density at radius 3 is 2.52 bits per heavy atom. The highest BCUT2D eigenvalue weighted by Crippen LogP contribution is 2.16. The number of nitrogens with one attached hydrogen (secondary N) is 1. The molecule has 0 atom stereocenters. The zero-order valence-electron chi connectivity index (χ0n) is 14.8. The summed E-state index contributed by atoms with van der Waals surface area (Å²) in [6.07, 6.45) is 2.38. The first-order chi connectivity index (χ1) is 12.0. The van der Waals surface area contributed by atoms with Crippen LogP contribution in [-0.2, 0) is 35.7 Å². The molecule has 6 nitrogen and oxygen atoms in total. The predicted octanol–water partition coefficient (Wildman–Crippen LogP) is 1.83. The number of aromatic nitrogens is 2. The van der Waals surface area contributed by atoms with Gasteiger partial charge in [0.05, 0.1) is 19.8 Å². The van der Waals surface area contributed by atoms with E-state index in [1.807, 2.05) is 0 Å². The molecule has 0 saturated heterocycles. The number of ether oxygens (including phenoxy) is 2. The highest BCUT2D eigenvalue weighted by atomic mass is 16.5. The van der Waals surface area contributed by atoms with E-state index in [0.29, 0.717) is 25.4 Å². The Balaban J connectivity index is 1.47. The lowest BCUT2D eigenvalue weighted by Crippen LogP contribution is -2.34. The van der Waals surface area contributed by atoms with E-state index in [9.17, 15) is 9.59 Å². The third-order valence-electron chi connectivity index (χ3n) is 4.40. The van der Waals surface area contributed by atoms with Gasteiger partial charge in [0, 0.05) is 11.3 Å². The van der Waals surface area contributed by atoms with E-state index in [1.54, 1.807) is 0 Å². The maximum Gasteiger partial charge on any atom is 0.330 e. The molecule has 1 aliphatic rings. The number of fused-ring (bicyclic) bond motifs is 1. The maximum absolute atomic E-state index is 12.0. The first kappa shape index (κ1) is 17.6. The average Bonchev–Trinajstić information content (AvgIpc) is 3.02. The van der Waals surface area contributed by atoms with E-state index < -0.39 is 5.69 Å². The van der Waals surface area contributed by atoms with Gasteiger partial charge < -0.3 is 9.47 Å². The minimum Gasteiger partial charge on any atom is -0.374 e. The van der Waals surface area contributed by atoms with Gasteiger partial charge in [-0.1, -0.05) is 29.3 Å². The molecular formula is C19H24N2O4. The minimum atomic E-state index is -0.401. The van der Waals surface area contributed by atoms with Crippen LogP contribution >= 0.6 is 0 Å². The maximum atomic E-state index is 12.0. The number of aryl methyl sites for hydroxylation is 2. The SMILES string of the molecule is Cc1cc(C)cc(COCCOCn2c3c(c(=O)[nH]c2=O)CCC3)c1. The van der Waals surface area contributed by atoms with Crippen LogP contribution < -0.4 is 11.2 Å². The summed E-state index contributed by atoms with van der Waals surface area (Å²) in [5.74, 6) is 0. The van der Waals surface area contributed by atoms with Crippen LogP contribution in [0.3, 0.4) is 0 Å². The Hall–Kier alpha value is -2.18. The highest BCUT2D eigenvalue weighted by molar-refractivity contribution is 5.28. The van der Waals surface area contributed by atoms with Gasteiger partial charge in [-0.25, -0.2) is 4.79 Å². The number of benzene rings is 1. The number of hydrogen-bond donors (Lipinski definition) is 1. The fourth-order valence-corrected chi connectivity index (χ4v) is 3.39. The van der Waals surface area contributed by atoms with Crippen LogP contribution in [0.4, 0.5) is 0 Å². The fourth-order valence-electron chi connectivity index (χ4n) is 3.39. The quantitative estimate of drug-likeness (QED) is 0.778. The zero-order chi connectivity index (χ0) is 17.8. The van der Waals surface area contributed by atoms with E-state index in [0.717, 1.165) is 30.5 Å². The molecular weight excluding hydrogens is 320 g/mol. The normalized spacial score (nSPS) is 13.2. The molecule has 134 valence electrons. The van der Waals surface area contributed by atoms with Crippen molar-refractivity contribution in [3.63, 3.8) is 0 Å². The second-order valence-corrected chi connectivity index (χ2v) is 6.55. The van der Waals surface area contributed by atoms with Crippen molar-refractivity contribution >= 4 is 0 Å². The monoisotopic (exact) mass is 344 g/mol.